The lowest BCUT2D eigenvalue weighted by Gasteiger charge is -2.01. The van der Waals surface area contributed by atoms with Gasteiger partial charge in [0, 0.05) is 22.7 Å². The van der Waals surface area contributed by atoms with Gasteiger partial charge in [0.05, 0.1) is 11.4 Å². The zero-order chi connectivity index (χ0) is 14.9. The van der Waals surface area contributed by atoms with E-state index in [1.807, 2.05) is 42.5 Å². The number of hydrogen-bond acceptors (Lipinski definition) is 3. The Morgan fingerprint density at radius 2 is 1.77 bits per heavy atom. The molecule has 106 valence electrons. The second kappa shape index (κ2) is 5.00. The third-order valence-corrected chi connectivity index (χ3v) is 3.68. The number of nitrogens with zero attached hydrogens (tertiary/aromatic N) is 2. The van der Waals surface area contributed by atoms with Gasteiger partial charge in [0.25, 0.3) is 0 Å². The summed E-state index contributed by atoms with van der Waals surface area (Å²) in [6.45, 7) is 0. The zero-order valence-corrected chi connectivity index (χ0v) is 11.8. The molecule has 4 nitrogen and oxygen atoms in total. The molecule has 4 aromatic rings. The Morgan fingerprint density at radius 3 is 2.59 bits per heavy atom. The second-order valence-corrected chi connectivity index (χ2v) is 5.12. The van der Waals surface area contributed by atoms with Crippen LogP contribution in [0.1, 0.15) is 0 Å². The Hall–Kier alpha value is -3.14. The van der Waals surface area contributed by atoms with Crippen molar-refractivity contribution in [3.8, 4) is 22.5 Å². The van der Waals surface area contributed by atoms with E-state index in [1.54, 1.807) is 6.20 Å². The van der Waals surface area contributed by atoms with Crippen LogP contribution in [0.5, 0.6) is 0 Å². The summed E-state index contributed by atoms with van der Waals surface area (Å²) >= 11 is 0. The van der Waals surface area contributed by atoms with Crippen molar-refractivity contribution in [1.29, 1.82) is 0 Å². The van der Waals surface area contributed by atoms with Crippen molar-refractivity contribution in [3.05, 3.63) is 66.9 Å². The van der Waals surface area contributed by atoms with Crippen LogP contribution in [0.15, 0.2) is 66.9 Å². The number of H-pyrrole nitrogens is 1. The van der Waals surface area contributed by atoms with Crippen LogP contribution in [-0.4, -0.2) is 15.0 Å². The smallest absolute Gasteiger partial charge is 0.138 e. The SMILES string of the molecule is Nc1ncccc1-c1cc2ccc(-c3ccccc3)nc2[nH]1. The highest BCUT2D eigenvalue weighted by Crippen LogP contribution is 2.28. The van der Waals surface area contributed by atoms with Gasteiger partial charge < -0.3 is 10.7 Å². The van der Waals surface area contributed by atoms with Crippen LogP contribution < -0.4 is 5.73 Å². The Kier molecular flexibility index (Phi) is 2.86. The van der Waals surface area contributed by atoms with E-state index in [2.05, 4.69) is 28.2 Å². The number of benzene rings is 1. The van der Waals surface area contributed by atoms with Gasteiger partial charge in [-0.1, -0.05) is 30.3 Å². The summed E-state index contributed by atoms with van der Waals surface area (Å²) in [5, 5.41) is 1.05. The van der Waals surface area contributed by atoms with Crippen molar-refractivity contribution in [1.82, 2.24) is 15.0 Å². The first-order valence-corrected chi connectivity index (χ1v) is 7.07. The number of nitrogen functional groups attached to an aromatic ring is 1. The number of anilines is 1. The molecule has 0 saturated heterocycles. The summed E-state index contributed by atoms with van der Waals surface area (Å²) in [6.07, 6.45) is 1.69. The molecule has 0 aliphatic rings. The fraction of sp³-hybridized carbons (Fsp3) is 0. The number of aromatic amines is 1. The molecule has 0 unspecified atom stereocenters. The molecule has 1 aromatic carbocycles. The molecule has 0 aliphatic carbocycles. The van der Waals surface area contributed by atoms with Crippen molar-refractivity contribution >= 4 is 16.9 Å². The first-order valence-electron chi connectivity index (χ1n) is 7.07. The molecule has 0 bridgehead atoms. The summed E-state index contributed by atoms with van der Waals surface area (Å²) in [5.41, 5.74) is 10.7. The molecule has 4 heteroatoms. The molecule has 0 fully saturated rings. The minimum Gasteiger partial charge on any atom is -0.383 e. The van der Waals surface area contributed by atoms with Gasteiger partial charge in [-0.25, -0.2) is 9.97 Å². The number of hydrogen-bond donors (Lipinski definition) is 2. The van der Waals surface area contributed by atoms with Crippen molar-refractivity contribution in [2.75, 3.05) is 5.73 Å². The van der Waals surface area contributed by atoms with E-state index in [-0.39, 0.29) is 0 Å². The first-order chi connectivity index (χ1) is 10.8. The zero-order valence-electron chi connectivity index (χ0n) is 11.8. The van der Waals surface area contributed by atoms with Crippen molar-refractivity contribution in [2.45, 2.75) is 0 Å². The molecule has 4 rings (SSSR count). The fourth-order valence-electron chi connectivity index (χ4n) is 2.57. The van der Waals surface area contributed by atoms with Gasteiger partial charge in [-0.15, -0.1) is 0 Å². The average molecular weight is 286 g/mol. The molecular formula is C18H14N4. The Bertz CT molecular complexity index is 942. The highest BCUT2D eigenvalue weighted by molar-refractivity contribution is 5.87. The maximum absolute atomic E-state index is 5.94. The van der Waals surface area contributed by atoms with Crippen molar-refractivity contribution in [2.24, 2.45) is 0 Å². The van der Waals surface area contributed by atoms with Gasteiger partial charge in [0.15, 0.2) is 0 Å². The quantitative estimate of drug-likeness (QED) is 0.587. The number of aromatic nitrogens is 3. The van der Waals surface area contributed by atoms with Gasteiger partial charge in [0.1, 0.15) is 11.5 Å². The van der Waals surface area contributed by atoms with Crippen molar-refractivity contribution in [3.63, 3.8) is 0 Å². The lowest BCUT2D eigenvalue weighted by atomic mass is 10.1. The fourth-order valence-corrected chi connectivity index (χ4v) is 2.57. The van der Waals surface area contributed by atoms with Crippen LogP contribution in [0.25, 0.3) is 33.5 Å². The lowest BCUT2D eigenvalue weighted by molar-refractivity contribution is 1.30. The average Bonchev–Trinajstić information content (AvgIpc) is 2.99. The summed E-state index contributed by atoms with van der Waals surface area (Å²) in [6, 6.07) is 20.1. The van der Waals surface area contributed by atoms with E-state index >= 15 is 0 Å². The van der Waals surface area contributed by atoms with E-state index in [4.69, 9.17) is 10.7 Å². The molecule has 3 aromatic heterocycles. The van der Waals surface area contributed by atoms with E-state index in [0.717, 1.165) is 33.5 Å². The predicted molar refractivity (Wildman–Crippen MR) is 89.2 cm³/mol. The second-order valence-electron chi connectivity index (χ2n) is 5.12. The van der Waals surface area contributed by atoms with Gasteiger partial charge in [-0.3, -0.25) is 0 Å². The van der Waals surface area contributed by atoms with Gasteiger partial charge in [0.2, 0.25) is 0 Å². The van der Waals surface area contributed by atoms with E-state index in [1.165, 1.54) is 0 Å². The maximum Gasteiger partial charge on any atom is 0.138 e. The predicted octanol–water partition coefficient (Wildman–Crippen LogP) is 3.87. The van der Waals surface area contributed by atoms with E-state index in [9.17, 15) is 0 Å². The molecule has 0 aliphatic heterocycles. The van der Waals surface area contributed by atoms with Crippen LogP contribution in [0.2, 0.25) is 0 Å². The summed E-state index contributed by atoms with van der Waals surface area (Å²) in [5.74, 6) is 0.511. The molecule has 0 atom stereocenters. The number of pyridine rings is 2. The van der Waals surface area contributed by atoms with Gasteiger partial charge in [-0.2, -0.15) is 0 Å². The summed E-state index contributed by atoms with van der Waals surface area (Å²) in [7, 11) is 0. The molecule has 3 heterocycles. The molecule has 0 amide bonds. The van der Waals surface area contributed by atoms with Crippen LogP contribution in [0.3, 0.4) is 0 Å². The van der Waals surface area contributed by atoms with Gasteiger partial charge in [-0.05, 0) is 30.3 Å². The topological polar surface area (TPSA) is 67.6 Å². The molecule has 22 heavy (non-hydrogen) atoms. The first kappa shape index (κ1) is 12.6. The third kappa shape index (κ3) is 2.11. The van der Waals surface area contributed by atoms with Crippen LogP contribution in [0, 0.1) is 0 Å². The van der Waals surface area contributed by atoms with Crippen LogP contribution in [-0.2, 0) is 0 Å². The Balaban J connectivity index is 1.84. The van der Waals surface area contributed by atoms with Crippen molar-refractivity contribution < 1.29 is 0 Å². The highest BCUT2D eigenvalue weighted by Gasteiger charge is 2.08. The monoisotopic (exact) mass is 286 g/mol. The number of fused-ring (bicyclic) bond motifs is 1. The third-order valence-electron chi connectivity index (χ3n) is 3.68. The minimum absolute atomic E-state index is 0.511. The number of rotatable bonds is 2. The van der Waals surface area contributed by atoms with Crippen LogP contribution in [0.4, 0.5) is 5.82 Å². The summed E-state index contributed by atoms with van der Waals surface area (Å²) in [4.78, 5) is 12.2. The standard InChI is InChI=1S/C18H14N4/c19-17-14(7-4-10-20-17)16-11-13-8-9-15(21-18(13)22-16)12-5-2-1-3-6-12/h1-11H,(H2,19,20)(H,21,22). The Labute approximate surface area is 127 Å². The molecular weight excluding hydrogens is 272 g/mol. The van der Waals surface area contributed by atoms with Gasteiger partial charge >= 0.3 is 0 Å². The highest BCUT2D eigenvalue weighted by atomic mass is 14.9. The molecule has 0 saturated carbocycles. The largest absolute Gasteiger partial charge is 0.383 e. The minimum atomic E-state index is 0.511. The summed E-state index contributed by atoms with van der Waals surface area (Å²) < 4.78 is 0. The molecule has 3 N–H and O–H groups in total. The number of nitrogens with one attached hydrogen (secondary N) is 1. The van der Waals surface area contributed by atoms with E-state index < -0.39 is 0 Å². The number of nitrogens with two attached hydrogens (primary N) is 1. The maximum atomic E-state index is 5.94. The Morgan fingerprint density at radius 1 is 0.909 bits per heavy atom. The molecule has 0 spiro atoms. The lowest BCUT2D eigenvalue weighted by Crippen LogP contribution is -1.92. The molecule has 0 radical (unpaired) electrons. The van der Waals surface area contributed by atoms with E-state index in [0.29, 0.717) is 5.82 Å². The normalized spacial score (nSPS) is 10.9. The van der Waals surface area contributed by atoms with Crippen LogP contribution >= 0.6 is 0 Å².